The van der Waals surface area contributed by atoms with Crippen LogP contribution in [0.1, 0.15) is 10.5 Å². The summed E-state index contributed by atoms with van der Waals surface area (Å²) in [5.74, 6) is -0.541. The molecular formula is C14H13Cl2N3O3S. The smallest absolute Gasteiger partial charge is 0.275 e. The molecule has 23 heavy (non-hydrogen) atoms. The van der Waals surface area contributed by atoms with Crippen molar-refractivity contribution in [2.45, 2.75) is 4.90 Å². The first-order valence-electron chi connectivity index (χ1n) is 6.38. The first-order chi connectivity index (χ1) is 10.7. The number of sulfonamides is 1. The predicted octanol–water partition coefficient (Wildman–Crippen LogP) is 2.89. The molecule has 0 aliphatic rings. The second-order valence-electron chi connectivity index (χ2n) is 4.73. The predicted molar refractivity (Wildman–Crippen MR) is 89.5 cm³/mol. The maximum Gasteiger partial charge on any atom is 0.275 e. The van der Waals surface area contributed by atoms with Gasteiger partial charge in [0.25, 0.3) is 5.91 Å². The summed E-state index contributed by atoms with van der Waals surface area (Å²) in [5, 5.41) is 2.89. The number of rotatable bonds is 4. The number of aromatic nitrogens is 1. The highest BCUT2D eigenvalue weighted by atomic mass is 35.5. The Kier molecular flexibility index (Phi) is 5.26. The van der Waals surface area contributed by atoms with Crippen molar-refractivity contribution in [3.05, 3.63) is 52.3 Å². The summed E-state index contributed by atoms with van der Waals surface area (Å²) < 4.78 is 25.0. The molecule has 1 aromatic heterocycles. The van der Waals surface area contributed by atoms with E-state index >= 15 is 0 Å². The summed E-state index contributed by atoms with van der Waals surface area (Å²) in [7, 11) is -0.632. The van der Waals surface area contributed by atoms with Crippen LogP contribution in [0, 0.1) is 0 Å². The molecule has 0 spiro atoms. The third-order valence-electron chi connectivity index (χ3n) is 2.92. The maximum atomic E-state index is 12.1. The van der Waals surface area contributed by atoms with Crippen molar-refractivity contribution >= 4 is 44.8 Å². The van der Waals surface area contributed by atoms with E-state index in [1.165, 1.54) is 50.5 Å². The van der Waals surface area contributed by atoms with Crippen LogP contribution in [0.25, 0.3) is 0 Å². The second kappa shape index (κ2) is 6.84. The van der Waals surface area contributed by atoms with E-state index in [1.807, 2.05) is 0 Å². The van der Waals surface area contributed by atoms with Gasteiger partial charge in [-0.3, -0.25) is 4.79 Å². The van der Waals surface area contributed by atoms with Gasteiger partial charge in [-0.05, 0) is 36.4 Å². The molecule has 1 aromatic carbocycles. The quantitative estimate of drug-likeness (QED) is 0.835. The number of hydrogen-bond acceptors (Lipinski definition) is 4. The van der Waals surface area contributed by atoms with Crippen molar-refractivity contribution in [3.63, 3.8) is 0 Å². The molecule has 0 saturated carbocycles. The molecule has 0 unspecified atom stereocenters. The Morgan fingerprint density at radius 2 is 1.70 bits per heavy atom. The summed E-state index contributed by atoms with van der Waals surface area (Å²) in [4.78, 5) is 16.1. The van der Waals surface area contributed by atoms with Gasteiger partial charge < -0.3 is 5.32 Å². The van der Waals surface area contributed by atoms with Crippen LogP contribution >= 0.6 is 23.2 Å². The fraction of sp³-hybridized carbons (Fsp3) is 0.143. The van der Waals surface area contributed by atoms with Gasteiger partial charge >= 0.3 is 0 Å². The average Bonchev–Trinajstić information content (AvgIpc) is 2.50. The summed E-state index contributed by atoms with van der Waals surface area (Å²) >= 11 is 11.7. The average molecular weight is 374 g/mol. The van der Waals surface area contributed by atoms with Crippen LogP contribution in [-0.4, -0.2) is 37.7 Å². The number of carbonyl (C=O) groups excluding carboxylic acids is 1. The minimum Gasteiger partial charge on any atom is -0.321 e. The SMILES string of the molecule is CN(C)S(=O)(=O)c1ccc(NC(=O)c2nc(Cl)ccc2Cl)cc1. The van der Waals surface area contributed by atoms with Crippen molar-refractivity contribution in [1.29, 1.82) is 0 Å². The lowest BCUT2D eigenvalue weighted by atomic mass is 10.3. The van der Waals surface area contributed by atoms with E-state index in [0.29, 0.717) is 5.69 Å². The molecule has 2 aromatic rings. The van der Waals surface area contributed by atoms with E-state index in [1.54, 1.807) is 0 Å². The second-order valence-corrected chi connectivity index (χ2v) is 7.68. The monoisotopic (exact) mass is 373 g/mol. The van der Waals surface area contributed by atoms with Crippen LogP contribution in [0.2, 0.25) is 10.2 Å². The molecule has 2 rings (SSSR count). The molecule has 0 atom stereocenters. The molecule has 0 aliphatic heterocycles. The number of nitrogens with one attached hydrogen (secondary N) is 1. The highest BCUT2D eigenvalue weighted by molar-refractivity contribution is 7.89. The van der Waals surface area contributed by atoms with E-state index in [2.05, 4.69) is 10.3 Å². The standard InChI is InChI=1S/C14H13Cl2N3O3S/c1-19(2)23(21,22)10-5-3-9(4-6-10)17-14(20)13-11(15)7-8-12(16)18-13/h3-8H,1-2H3,(H,17,20). The fourth-order valence-corrected chi connectivity index (χ4v) is 2.93. The fourth-order valence-electron chi connectivity index (χ4n) is 1.69. The number of nitrogens with zero attached hydrogens (tertiary/aromatic N) is 2. The van der Waals surface area contributed by atoms with Gasteiger partial charge in [0.05, 0.1) is 9.92 Å². The van der Waals surface area contributed by atoms with Gasteiger partial charge in [-0.25, -0.2) is 17.7 Å². The van der Waals surface area contributed by atoms with Gasteiger partial charge in [0.1, 0.15) is 10.8 Å². The third-order valence-corrected chi connectivity index (χ3v) is 5.26. The molecule has 6 nitrogen and oxygen atoms in total. The number of amides is 1. The topological polar surface area (TPSA) is 79.4 Å². The Hall–Kier alpha value is -1.67. The molecule has 0 bridgehead atoms. The molecule has 122 valence electrons. The molecule has 1 amide bonds. The van der Waals surface area contributed by atoms with E-state index in [0.717, 1.165) is 4.31 Å². The molecule has 9 heteroatoms. The molecule has 0 saturated heterocycles. The van der Waals surface area contributed by atoms with Gasteiger partial charge in [-0.15, -0.1) is 0 Å². The molecule has 1 N–H and O–H groups in total. The normalized spacial score (nSPS) is 11.5. The summed E-state index contributed by atoms with van der Waals surface area (Å²) in [6, 6.07) is 8.70. The number of benzene rings is 1. The number of halogens is 2. The van der Waals surface area contributed by atoms with Crippen molar-refractivity contribution in [2.75, 3.05) is 19.4 Å². The van der Waals surface area contributed by atoms with Crippen molar-refractivity contribution < 1.29 is 13.2 Å². The first-order valence-corrected chi connectivity index (χ1v) is 8.57. The first kappa shape index (κ1) is 17.7. The van der Waals surface area contributed by atoms with Crippen LogP contribution < -0.4 is 5.32 Å². The lowest BCUT2D eigenvalue weighted by molar-refractivity contribution is 0.102. The summed E-state index contributed by atoms with van der Waals surface area (Å²) in [6.07, 6.45) is 0. The Morgan fingerprint density at radius 1 is 1.09 bits per heavy atom. The van der Waals surface area contributed by atoms with Gasteiger partial charge in [0, 0.05) is 19.8 Å². The van der Waals surface area contributed by atoms with Crippen LogP contribution in [0.3, 0.4) is 0 Å². The van der Waals surface area contributed by atoms with Gasteiger partial charge in [-0.2, -0.15) is 0 Å². The number of carbonyl (C=O) groups is 1. The lowest BCUT2D eigenvalue weighted by Gasteiger charge is -2.12. The third kappa shape index (κ3) is 4.00. The zero-order chi connectivity index (χ0) is 17.2. The highest BCUT2D eigenvalue weighted by Gasteiger charge is 2.17. The Balaban J connectivity index is 2.21. The van der Waals surface area contributed by atoms with E-state index < -0.39 is 15.9 Å². The van der Waals surface area contributed by atoms with Gasteiger partial charge in [0.2, 0.25) is 10.0 Å². The Bertz CT molecular complexity index is 837. The van der Waals surface area contributed by atoms with Gasteiger partial charge in [-0.1, -0.05) is 23.2 Å². The van der Waals surface area contributed by atoms with Crippen molar-refractivity contribution in [2.24, 2.45) is 0 Å². The van der Waals surface area contributed by atoms with Crippen LogP contribution in [0.15, 0.2) is 41.3 Å². The van der Waals surface area contributed by atoms with Crippen molar-refractivity contribution in [3.8, 4) is 0 Å². The maximum absolute atomic E-state index is 12.1. The Labute approximate surface area is 144 Å². The van der Waals surface area contributed by atoms with Crippen LogP contribution in [-0.2, 0) is 10.0 Å². The van der Waals surface area contributed by atoms with E-state index in [4.69, 9.17) is 23.2 Å². The molecule has 0 aliphatic carbocycles. The zero-order valence-corrected chi connectivity index (χ0v) is 14.6. The van der Waals surface area contributed by atoms with E-state index in [-0.39, 0.29) is 20.8 Å². The molecule has 0 radical (unpaired) electrons. The lowest BCUT2D eigenvalue weighted by Crippen LogP contribution is -2.22. The number of pyridine rings is 1. The van der Waals surface area contributed by atoms with E-state index in [9.17, 15) is 13.2 Å². The number of anilines is 1. The molecule has 0 fully saturated rings. The van der Waals surface area contributed by atoms with Crippen molar-refractivity contribution in [1.82, 2.24) is 9.29 Å². The number of hydrogen-bond donors (Lipinski definition) is 1. The van der Waals surface area contributed by atoms with Crippen LogP contribution in [0.5, 0.6) is 0 Å². The van der Waals surface area contributed by atoms with Crippen LogP contribution in [0.4, 0.5) is 5.69 Å². The summed E-state index contributed by atoms with van der Waals surface area (Å²) in [5.41, 5.74) is 0.398. The minimum atomic E-state index is -3.52. The largest absolute Gasteiger partial charge is 0.321 e. The minimum absolute atomic E-state index is 0.0100. The Morgan fingerprint density at radius 3 is 2.26 bits per heavy atom. The zero-order valence-electron chi connectivity index (χ0n) is 12.2. The molecular weight excluding hydrogens is 361 g/mol. The molecule has 1 heterocycles. The van der Waals surface area contributed by atoms with Gasteiger partial charge in [0.15, 0.2) is 0 Å². The summed E-state index contributed by atoms with van der Waals surface area (Å²) in [6.45, 7) is 0. The highest BCUT2D eigenvalue weighted by Crippen LogP contribution is 2.20.